The molecule has 10 heteroatoms. The minimum absolute atomic E-state index is 0.00299. The second-order valence-electron chi connectivity index (χ2n) is 6.99. The van der Waals surface area contributed by atoms with E-state index in [0.29, 0.717) is 25.7 Å². The zero-order valence-corrected chi connectivity index (χ0v) is 17.0. The van der Waals surface area contributed by atoms with Gasteiger partial charge in [0.15, 0.2) is 23.0 Å². The zero-order chi connectivity index (χ0) is 23.7. The molecule has 0 unspecified atom stereocenters. The lowest BCUT2D eigenvalue weighted by molar-refractivity contribution is -0.135. The molecule has 0 heterocycles. The number of phenolic OH excluding ortho intramolecular Hbond substituents is 2. The fourth-order valence-corrected chi connectivity index (χ4v) is 2.79. The molecule has 0 bridgehead atoms. The molecule has 174 valence electrons. The third kappa shape index (κ3) is 7.14. The smallest absolute Gasteiger partial charge is 0.311 e. The maximum atomic E-state index is 13.5. The molecule has 32 heavy (non-hydrogen) atoms. The van der Waals surface area contributed by atoms with Crippen LogP contribution < -0.4 is 9.47 Å². The van der Waals surface area contributed by atoms with E-state index < -0.39 is 58.2 Å². The zero-order valence-electron chi connectivity index (χ0n) is 17.0. The van der Waals surface area contributed by atoms with Crippen LogP contribution in [-0.4, -0.2) is 22.2 Å². The van der Waals surface area contributed by atoms with Crippen LogP contribution in [0.4, 0.5) is 17.6 Å². The van der Waals surface area contributed by atoms with E-state index in [1.54, 1.807) is 0 Å². The predicted octanol–water partition coefficient (Wildman–Crippen LogP) is 5.29. The SMILES string of the molecule is O=C(CCCCCCCCC(=O)Oc1ccc(O)c(F)c1F)Oc1ccc(O)c(F)c1F. The van der Waals surface area contributed by atoms with E-state index in [1.165, 1.54) is 0 Å². The molecule has 0 fully saturated rings. The highest BCUT2D eigenvalue weighted by molar-refractivity contribution is 5.72. The van der Waals surface area contributed by atoms with E-state index in [-0.39, 0.29) is 12.8 Å². The van der Waals surface area contributed by atoms with Gasteiger partial charge in [0.2, 0.25) is 23.3 Å². The maximum absolute atomic E-state index is 13.5. The second-order valence-corrected chi connectivity index (χ2v) is 6.99. The number of rotatable bonds is 11. The lowest BCUT2D eigenvalue weighted by Gasteiger charge is -2.07. The van der Waals surface area contributed by atoms with Crippen molar-refractivity contribution < 1.29 is 46.8 Å². The molecule has 0 aromatic heterocycles. The normalized spacial score (nSPS) is 10.8. The summed E-state index contributed by atoms with van der Waals surface area (Å²) in [4.78, 5) is 23.4. The summed E-state index contributed by atoms with van der Waals surface area (Å²) in [5.74, 6) is -10.2. The van der Waals surface area contributed by atoms with Crippen LogP contribution in [0.1, 0.15) is 51.4 Å². The van der Waals surface area contributed by atoms with Crippen LogP contribution >= 0.6 is 0 Å². The Bertz CT molecular complexity index is 886. The van der Waals surface area contributed by atoms with Crippen LogP contribution in [0.3, 0.4) is 0 Å². The van der Waals surface area contributed by atoms with Gasteiger partial charge in [0.1, 0.15) is 0 Å². The number of carbonyl (C=O) groups excluding carboxylic acids is 2. The first-order chi connectivity index (χ1) is 15.2. The van der Waals surface area contributed by atoms with Crippen molar-refractivity contribution in [1.82, 2.24) is 0 Å². The van der Waals surface area contributed by atoms with Gasteiger partial charge in [0, 0.05) is 12.8 Å². The quantitative estimate of drug-likeness (QED) is 0.206. The third-order valence-corrected chi connectivity index (χ3v) is 4.51. The molecule has 0 aliphatic rings. The molecule has 0 aliphatic carbocycles. The number of hydrogen-bond donors (Lipinski definition) is 2. The molecule has 0 atom stereocenters. The maximum Gasteiger partial charge on any atom is 0.311 e. The topological polar surface area (TPSA) is 93.1 Å². The number of carbonyl (C=O) groups is 2. The third-order valence-electron chi connectivity index (χ3n) is 4.51. The van der Waals surface area contributed by atoms with Crippen LogP contribution in [0, 0.1) is 23.3 Å². The molecule has 2 aromatic carbocycles. The van der Waals surface area contributed by atoms with Gasteiger partial charge in [-0.2, -0.15) is 17.6 Å². The Morgan fingerprint density at radius 2 is 0.938 bits per heavy atom. The van der Waals surface area contributed by atoms with Crippen molar-refractivity contribution in [2.75, 3.05) is 0 Å². The van der Waals surface area contributed by atoms with Crippen LogP contribution in [0.2, 0.25) is 0 Å². The highest BCUT2D eigenvalue weighted by Crippen LogP contribution is 2.28. The Morgan fingerprint density at radius 3 is 1.31 bits per heavy atom. The molecule has 0 radical (unpaired) electrons. The van der Waals surface area contributed by atoms with E-state index in [4.69, 9.17) is 19.7 Å². The Morgan fingerprint density at radius 1 is 0.594 bits per heavy atom. The monoisotopic (exact) mass is 458 g/mol. The minimum Gasteiger partial charge on any atom is -0.505 e. The molecule has 6 nitrogen and oxygen atoms in total. The molecule has 0 saturated carbocycles. The van der Waals surface area contributed by atoms with E-state index in [0.717, 1.165) is 37.1 Å². The van der Waals surface area contributed by atoms with Gasteiger partial charge in [0.25, 0.3) is 0 Å². The summed E-state index contributed by atoms with van der Waals surface area (Å²) in [5, 5.41) is 18.1. The lowest BCUT2D eigenvalue weighted by Crippen LogP contribution is -2.09. The standard InChI is InChI=1S/C22H22F4O6/c23-19-13(27)9-11-15(21(19)25)31-17(29)7-5-3-1-2-4-6-8-18(30)32-16-12-10-14(28)20(24)22(16)26/h9-12,27-28H,1-8H2. The van der Waals surface area contributed by atoms with Crippen LogP contribution in [0.5, 0.6) is 23.0 Å². The molecular weight excluding hydrogens is 436 g/mol. The number of phenols is 2. The number of ether oxygens (including phenoxy) is 2. The van der Waals surface area contributed by atoms with Crippen LogP contribution in [0.25, 0.3) is 0 Å². The first-order valence-corrected chi connectivity index (χ1v) is 9.96. The number of benzene rings is 2. The number of esters is 2. The molecule has 0 saturated heterocycles. The Hall–Kier alpha value is -3.30. The Labute approximate surface area is 181 Å². The van der Waals surface area contributed by atoms with Crippen molar-refractivity contribution in [3.8, 4) is 23.0 Å². The summed E-state index contributed by atoms with van der Waals surface area (Å²) in [6.45, 7) is 0. The molecular formula is C22H22F4O6. The van der Waals surface area contributed by atoms with E-state index in [1.807, 2.05) is 0 Å². The van der Waals surface area contributed by atoms with Crippen molar-refractivity contribution in [3.05, 3.63) is 47.5 Å². The number of unbranched alkanes of at least 4 members (excludes halogenated alkanes) is 5. The van der Waals surface area contributed by atoms with Gasteiger partial charge in [-0.3, -0.25) is 9.59 Å². The van der Waals surface area contributed by atoms with Crippen molar-refractivity contribution in [3.63, 3.8) is 0 Å². The van der Waals surface area contributed by atoms with Gasteiger partial charge in [0.05, 0.1) is 0 Å². The van der Waals surface area contributed by atoms with E-state index in [2.05, 4.69) is 0 Å². The largest absolute Gasteiger partial charge is 0.505 e. The van der Waals surface area contributed by atoms with Gasteiger partial charge in [-0.15, -0.1) is 0 Å². The first-order valence-electron chi connectivity index (χ1n) is 9.96. The summed E-state index contributed by atoms with van der Waals surface area (Å²) >= 11 is 0. The summed E-state index contributed by atoms with van der Waals surface area (Å²) in [6, 6.07) is 3.69. The van der Waals surface area contributed by atoms with Gasteiger partial charge in [-0.1, -0.05) is 25.7 Å². The Kier molecular flexibility index (Phi) is 9.30. The lowest BCUT2D eigenvalue weighted by atomic mass is 10.1. The first kappa shape index (κ1) is 25.0. The van der Waals surface area contributed by atoms with E-state index >= 15 is 0 Å². The summed E-state index contributed by atoms with van der Waals surface area (Å²) in [6.07, 6.45) is 3.79. The van der Waals surface area contributed by atoms with Crippen molar-refractivity contribution in [2.45, 2.75) is 51.4 Å². The minimum atomic E-state index is -1.49. The summed E-state index contributed by atoms with van der Waals surface area (Å²) in [5.41, 5.74) is 0. The van der Waals surface area contributed by atoms with Crippen LogP contribution in [-0.2, 0) is 9.59 Å². The van der Waals surface area contributed by atoms with Crippen molar-refractivity contribution >= 4 is 11.9 Å². The molecule has 0 amide bonds. The molecule has 2 rings (SSSR count). The fraction of sp³-hybridized carbons (Fsp3) is 0.364. The second kappa shape index (κ2) is 11.9. The summed E-state index contributed by atoms with van der Waals surface area (Å²) in [7, 11) is 0. The van der Waals surface area contributed by atoms with Crippen molar-refractivity contribution in [2.24, 2.45) is 0 Å². The average Bonchev–Trinajstić information content (AvgIpc) is 2.76. The molecule has 2 N–H and O–H groups in total. The fourth-order valence-electron chi connectivity index (χ4n) is 2.79. The van der Waals surface area contributed by atoms with Crippen molar-refractivity contribution in [1.29, 1.82) is 0 Å². The summed E-state index contributed by atoms with van der Waals surface area (Å²) < 4.78 is 63.0. The van der Waals surface area contributed by atoms with Gasteiger partial charge in [-0.05, 0) is 37.1 Å². The predicted molar refractivity (Wildman–Crippen MR) is 104 cm³/mol. The molecule has 0 aliphatic heterocycles. The highest BCUT2D eigenvalue weighted by Gasteiger charge is 2.17. The van der Waals surface area contributed by atoms with Crippen LogP contribution in [0.15, 0.2) is 24.3 Å². The highest BCUT2D eigenvalue weighted by atomic mass is 19.2. The van der Waals surface area contributed by atoms with Gasteiger partial charge < -0.3 is 19.7 Å². The average molecular weight is 458 g/mol. The number of aromatic hydroxyl groups is 2. The molecule has 0 spiro atoms. The van der Waals surface area contributed by atoms with Gasteiger partial charge >= 0.3 is 11.9 Å². The number of hydrogen-bond acceptors (Lipinski definition) is 6. The Balaban J connectivity index is 1.56. The molecule has 2 aromatic rings. The van der Waals surface area contributed by atoms with Gasteiger partial charge in [-0.25, -0.2) is 0 Å². The number of halogens is 4. The van der Waals surface area contributed by atoms with E-state index in [9.17, 15) is 27.2 Å².